The highest BCUT2D eigenvalue weighted by molar-refractivity contribution is 8.00. The number of hydrogen-bond donors (Lipinski definition) is 2. The van der Waals surface area contributed by atoms with E-state index in [0.29, 0.717) is 11.4 Å². The van der Waals surface area contributed by atoms with Crippen LogP contribution >= 0.6 is 11.8 Å². The molecule has 3 aromatic rings. The number of amides is 2. The summed E-state index contributed by atoms with van der Waals surface area (Å²) in [5, 5.41) is 5.46. The van der Waals surface area contributed by atoms with Crippen LogP contribution in [0.1, 0.15) is 10.6 Å². The molecule has 7 heteroatoms. The minimum atomic E-state index is -0.345. The molecule has 2 aromatic carbocycles. The van der Waals surface area contributed by atoms with Gasteiger partial charge >= 0.3 is 0 Å². The maximum atomic E-state index is 12.8. The molecule has 5 nitrogen and oxygen atoms in total. The molecule has 0 saturated heterocycles. The van der Waals surface area contributed by atoms with Gasteiger partial charge in [0.1, 0.15) is 5.82 Å². The third kappa shape index (κ3) is 4.97. The van der Waals surface area contributed by atoms with Gasteiger partial charge in [-0.05, 0) is 60.7 Å². The molecule has 0 atom stereocenters. The Morgan fingerprint density at radius 1 is 0.923 bits per heavy atom. The summed E-state index contributed by atoms with van der Waals surface area (Å²) in [5.41, 5.74) is 1.20. The van der Waals surface area contributed by atoms with Gasteiger partial charge in [-0.1, -0.05) is 0 Å². The number of carbonyl (C=O) groups is 2. The minimum Gasteiger partial charge on any atom is -0.459 e. The van der Waals surface area contributed by atoms with Crippen molar-refractivity contribution in [3.05, 3.63) is 78.5 Å². The van der Waals surface area contributed by atoms with Crippen LogP contribution in [-0.2, 0) is 4.79 Å². The fourth-order valence-electron chi connectivity index (χ4n) is 2.11. The van der Waals surface area contributed by atoms with Crippen LogP contribution in [0.2, 0.25) is 0 Å². The Kier molecular flexibility index (Phi) is 5.70. The van der Waals surface area contributed by atoms with Crippen LogP contribution in [0.5, 0.6) is 0 Å². The van der Waals surface area contributed by atoms with Crippen molar-refractivity contribution in [3.8, 4) is 0 Å². The predicted molar refractivity (Wildman–Crippen MR) is 98.9 cm³/mol. The number of hydrogen-bond acceptors (Lipinski definition) is 4. The molecule has 26 heavy (non-hydrogen) atoms. The number of rotatable bonds is 6. The molecule has 2 amide bonds. The lowest BCUT2D eigenvalue weighted by Gasteiger charge is -2.07. The van der Waals surface area contributed by atoms with Crippen molar-refractivity contribution in [1.82, 2.24) is 0 Å². The van der Waals surface area contributed by atoms with Gasteiger partial charge in [0.05, 0.1) is 12.0 Å². The molecule has 0 spiro atoms. The quantitative estimate of drug-likeness (QED) is 0.631. The molecule has 0 aliphatic rings. The van der Waals surface area contributed by atoms with Crippen LogP contribution in [0.3, 0.4) is 0 Å². The summed E-state index contributed by atoms with van der Waals surface area (Å²) in [6.07, 6.45) is 1.43. The molecule has 0 saturated carbocycles. The summed E-state index contributed by atoms with van der Waals surface area (Å²) in [5.74, 6) is -0.393. The highest BCUT2D eigenvalue weighted by Crippen LogP contribution is 2.19. The van der Waals surface area contributed by atoms with E-state index in [4.69, 9.17) is 4.42 Å². The van der Waals surface area contributed by atoms with Gasteiger partial charge in [-0.2, -0.15) is 0 Å². The first kappa shape index (κ1) is 17.8. The maximum absolute atomic E-state index is 12.8. The number of nitrogens with one attached hydrogen (secondary N) is 2. The average Bonchev–Trinajstić information content (AvgIpc) is 3.18. The van der Waals surface area contributed by atoms with E-state index < -0.39 is 0 Å². The highest BCUT2D eigenvalue weighted by Gasteiger charge is 2.09. The third-order valence-electron chi connectivity index (χ3n) is 3.36. The molecular formula is C19H15FN2O3S. The number of benzene rings is 2. The number of anilines is 2. The number of halogens is 1. The van der Waals surface area contributed by atoms with Gasteiger partial charge < -0.3 is 15.1 Å². The zero-order chi connectivity index (χ0) is 18.4. The van der Waals surface area contributed by atoms with Crippen molar-refractivity contribution >= 4 is 35.0 Å². The van der Waals surface area contributed by atoms with E-state index >= 15 is 0 Å². The second kappa shape index (κ2) is 8.35. The first-order valence-corrected chi connectivity index (χ1v) is 8.72. The minimum absolute atomic E-state index is 0.174. The standard InChI is InChI=1S/C19H15FN2O3S/c20-13-3-9-16(10-4-13)26-12-18(23)21-14-5-7-15(8-6-14)22-19(24)17-2-1-11-25-17/h1-11H,12H2,(H,21,23)(H,22,24). The molecule has 1 aromatic heterocycles. The molecule has 0 fully saturated rings. The Morgan fingerprint density at radius 3 is 2.19 bits per heavy atom. The normalized spacial score (nSPS) is 10.3. The van der Waals surface area contributed by atoms with Crippen molar-refractivity contribution in [2.75, 3.05) is 16.4 Å². The topological polar surface area (TPSA) is 71.3 Å². The summed E-state index contributed by atoms with van der Waals surface area (Å²) in [6, 6.07) is 15.9. The fraction of sp³-hybridized carbons (Fsp3) is 0.0526. The van der Waals surface area contributed by atoms with Crippen molar-refractivity contribution < 1.29 is 18.4 Å². The van der Waals surface area contributed by atoms with Crippen LogP contribution in [-0.4, -0.2) is 17.6 Å². The summed E-state index contributed by atoms with van der Waals surface area (Å²) in [6.45, 7) is 0. The summed E-state index contributed by atoms with van der Waals surface area (Å²) < 4.78 is 17.9. The average molecular weight is 370 g/mol. The van der Waals surface area contributed by atoms with Crippen molar-refractivity contribution in [1.29, 1.82) is 0 Å². The fourth-order valence-corrected chi connectivity index (χ4v) is 2.81. The van der Waals surface area contributed by atoms with E-state index in [9.17, 15) is 14.0 Å². The van der Waals surface area contributed by atoms with Gasteiger partial charge in [-0.25, -0.2) is 4.39 Å². The van der Waals surface area contributed by atoms with E-state index in [-0.39, 0.29) is 29.1 Å². The van der Waals surface area contributed by atoms with Gasteiger partial charge in [0.2, 0.25) is 5.91 Å². The van der Waals surface area contributed by atoms with Gasteiger partial charge in [-0.3, -0.25) is 9.59 Å². The second-order valence-corrected chi connectivity index (χ2v) is 6.35. The van der Waals surface area contributed by atoms with E-state index in [0.717, 1.165) is 4.90 Å². The summed E-state index contributed by atoms with van der Waals surface area (Å²) in [4.78, 5) is 24.7. The first-order chi connectivity index (χ1) is 12.6. The Bertz CT molecular complexity index is 878. The van der Waals surface area contributed by atoms with Crippen LogP contribution in [0.15, 0.2) is 76.2 Å². The van der Waals surface area contributed by atoms with E-state index in [2.05, 4.69) is 10.6 Å². The molecular weight excluding hydrogens is 355 g/mol. The van der Waals surface area contributed by atoms with Crippen LogP contribution in [0, 0.1) is 5.82 Å². The third-order valence-corrected chi connectivity index (χ3v) is 4.37. The highest BCUT2D eigenvalue weighted by atomic mass is 32.2. The lowest BCUT2D eigenvalue weighted by molar-refractivity contribution is -0.113. The Morgan fingerprint density at radius 2 is 1.58 bits per heavy atom. The summed E-state index contributed by atoms with van der Waals surface area (Å²) >= 11 is 1.32. The SMILES string of the molecule is O=C(CSc1ccc(F)cc1)Nc1ccc(NC(=O)c2ccco2)cc1. The second-order valence-electron chi connectivity index (χ2n) is 5.30. The van der Waals surface area contributed by atoms with Crippen molar-refractivity contribution in [3.63, 3.8) is 0 Å². The van der Waals surface area contributed by atoms with Crippen molar-refractivity contribution in [2.24, 2.45) is 0 Å². The molecule has 1 heterocycles. The zero-order valence-corrected chi connectivity index (χ0v) is 14.4. The predicted octanol–water partition coefficient (Wildman–Crippen LogP) is 4.40. The van der Waals surface area contributed by atoms with E-state index in [1.165, 1.54) is 30.2 Å². The van der Waals surface area contributed by atoms with E-state index in [1.807, 2.05) is 0 Å². The number of thioether (sulfide) groups is 1. The number of furan rings is 1. The largest absolute Gasteiger partial charge is 0.459 e. The van der Waals surface area contributed by atoms with Crippen molar-refractivity contribution in [2.45, 2.75) is 4.90 Å². The molecule has 0 unspecified atom stereocenters. The Balaban J connectivity index is 1.49. The van der Waals surface area contributed by atoms with Gasteiger partial charge in [-0.15, -0.1) is 11.8 Å². The first-order valence-electron chi connectivity index (χ1n) is 7.73. The van der Waals surface area contributed by atoms with Gasteiger partial charge in [0.15, 0.2) is 5.76 Å². The smallest absolute Gasteiger partial charge is 0.291 e. The monoisotopic (exact) mass is 370 g/mol. The van der Waals surface area contributed by atoms with Crippen LogP contribution in [0.25, 0.3) is 0 Å². The summed E-state index contributed by atoms with van der Waals surface area (Å²) in [7, 11) is 0. The lowest BCUT2D eigenvalue weighted by atomic mass is 10.2. The molecule has 2 N–H and O–H groups in total. The van der Waals surface area contributed by atoms with Crippen LogP contribution in [0.4, 0.5) is 15.8 Å². The molecule has 0 bridgehead atoms. The molecule has 0 radical (unpaired) electrons. The van der Waals surface area contributed by atoms with Gasteiger partial charge in [0, 0.05) is 16.3 Å². The number of carbonyl (C=O) groups excluding carboxylic acids is 2. The Hall–Kier alpha value is -3.06. The molecule has 3 rings (SSSR count). The van der Waals surface area contributed by atoms with Gasteiger partial charge in [0.25, 0.3) is 5.91 Å². The molecule has 0 aliphatic heterocycles. The maximum Gasteiger partial charge on any atom is 0.291 e. The van der Waals surface area contributed by atoms with Crippen LogP contribution < -0.4 is 10.6 Å². The molecule has 132 valence electrons. The Labute approximate surface area is 153 Å². The van der Waals surface area contributed by atoms with E-state index in [1.54, 1.807) is 48.5 Å². The molecule has 0 aliphatic carbocycles. The lowest BCUT2D eigenvalue weighted by Crippen LogP contribution is -2.14. The zero-order valence-electron chi connectivity index (χ0n) is 13.6.